The van der Waals surface area contributed by atoms with Crippen molar-refractivity contribution in [1.29, 1.82) is 0 Å². The van der Waals surface area contributed by atoms with Gasteiger partial charge in [-0.25, -0.2) is 9.37 Å². The Kier molecular flexibility index (Phi) is 10.6. The van der Waals surface area contributed by atoms with Gasteiger partial charge in [-0.2, -0.15) is 0 Å². The van der Waals surface area contributed by atoms with Gasteiger partial charge in [0.25, 0.3) is 0 Å². The molecule has 2 aromatic carbocycles. The largest absolute Gasteiger partial charge is 0.493 e. The topological polar surface area (TPSA) is 77.9 Å². The van der Waals surface area contributed by atoms with Gasteiger partial charge in [0.15, 0.2) is 0 Å². The summed E-state index contributed by atoms with van der Waals surface area (Å²) >= 11 is 0. The van der Waals surface area contributed by atoms with Crippen LogP contribution in [-0.2, 0) is 17.6 Å². The fourth-order valence-corrected chi connectivity index (χ4v) is 6.58. The number of benzene rings is 2. The first-order valence-electron chi connectivity index (χ1n) is 16.5. The van der Waals surface area contributed by atoms with E-state index in [9.17, 15) is 14.3 Å². The minimum atomic E-state index is -0.850. The predicted molar refractivity (Wildman–Crippen MR) is 180 cm³/mol. The number of carbonyl (C=O) groups is 1. The summed E-state index contributed by atoms with van der Waals surface area (Å²) in [6.45, 7) is 11.9. The summed E-state index contributed by atoms with van der Waals surface area (Å²) in [5.74, 6) is 1.18. The summed E-state index contributed by atoms with van der Waals surface area (Å²) in [6.07, 6.45) is 6.21. The Morgan fingerprint density at radius 3 is 2.36 bits per heavy atom. The zero-order valence-corrected chi connectivity index (χ0v) is 27.4. The molecule has 8 heteroatoms. The van der Waals surface area contributed by atoms with Crippen LogP contribution >= 0.6 is 0 Å². The van der Waals surface area contributed by atoms with Gasteiger partial charge in [-0.15, -0.1) is 0 Å². The zero-order valence-electron chi connectivity index (χ0n) is 27.4. The molecule has 0 unspecified atom stereocenters. The Hall–Kier alpha value is -3.65. The molecule has 0 radical (unpaired) electrons. The number of rotatable bonds is 12. The number of likely N-dealkylation sites (tertiary alicyclic amines) is 1. The van der Waals surface area contributed by atoms with E-state index >= 15 is 0 Å². The number of hydrogen-bond donors (Lipinski definition) is 2. The number of anilines is 2. The minimum absolute atomic E-state index is 0.0679. The van der Waals surface area contributed by atoms with E-state index in [0.29, 0.717) is 18.9 Å². The van der Waals surface area contributed by atoms with Crippen molar-refractivity contribution in [3.63, 3.8) is 0 Å². The SMILES string of the molecule is Cc1nc(NCCC2CCN(C)CC2)c(-c2ccc(OCCc3ccc(F)cc3)cc2)c(N2CCC(C)(C)CC2)c1CC(=O)O. The number of ether oxygens (including phenoxy) is 1. The van der Waals surface area contributed by atoms with Crippen LogP contribution in [0.1, 0.15) is 62.8 Å². The van der Waals surface area contributed by atoms with Crippen LogP contribution < -0.4 is 15.0 Å². The molecule has 2 N–H and O–H groups in total. The number of nitrogens with one attached hydrogen (secondary N) is 1. The van der Waals surface area contributed by atoms with E-state index < -0.39 is 5.97 Å². The maximum absolute atomic E-state index is 13.3. The highest BCUT2D eigenvalue weighted by molar-refractivity contribution is 5.91. The van der Waals surface area contributed by atoms with Crippen molar-refractivity contribution in [3.8, 4) is 16.9 Å². The molecule has 0 atom stereocenters. The Labute approximate surface area is 267 Å². The van der Waals surface area contributed by atoms with Crippen molar-refractivity contribution in [2.24, 2.45) is 11.3 Å². The molecule has 0 spiro atoms. The number of aryl methyl sites for hydroxylation is 1. The van der Waals surface area contributed by atoms with Crippen molar-refractivity contribution in [1.82, 2.24) is 9.88 Å². The Morgan fingerprint density at radius 2 is 1.71 bits per heavy atom. The van der Waals surface area contributed by atoms with E-state index in [-0.39, 0.29) is 17.7 Å². The van der Waals surface area contributed by atoms with Crippen molar-refractivity contribution in [3.05, 3.63) is 71.2 Å². The Morgan fingerprint density at radius 1 is 1.04 bits per heavy atom. The standard InChI is InChI=1S/C37H49FN4O3/c1-26-32(25-33(43)44)35(42-22-17-37(2,3)18-23-42)34(36(40-26)39-19-13-28-14-20-41(4)21-15-28)29-7-11-31(12-8-29)45-24-16-27-5-9-30(38)10-6-27/h5-12,28H,13-25H2,1-4H3,(H,39,40)(H,43,44). The summed E-state index contributed by atoms with van der Waals surface area (Å²) in [5.41, 5.74) is 5.79. The van der Waals surface area contributed by atoms with Crippen LogP contribution in [0.25, 0.3) is 11.1 Å². The number of carboxylic acids is 1. The molecule has 0 bridgehead atoms. The normalized spacial score (nSPS) is 17.3. The van der Waals surface area contributed by atoms with Crippen molar-refractivity contribution in [2.45, 2.75) is 65.7 Å². The maximum atomic E-state index is 13.3. The maximum Gasteiger partial charge on any atom is 0.307 e. The molecule has 5 rings (SSSR count). The third kappa shape index (κ3) is 8.75. The lowest BCUT2D eigenvalue weighted by Gasteiger charge is -2.40. The van der Waals surface area contributed by atoms with E-state index in [0.717, 1.165) is 97.2 Å². The average molecular weight is 617 g/mol. The fourth-order valence-electron chi connectivity index (χ4n) is 6.58. The van der Waals surface area contributed by atoms with Gasteiger partial charge in [-0.05, 0) is 106 Å². The molecule has 7 nitrogen and oxygen atoms in total. The highest BCUT2D eigenvalue weighted by Crippen LogP contribution is 2.44. The van der Waals surface area contributed by atoms with E-state index in [4.69, 9.17) is 9.72 Å². The molecule has 1 aromatic heterocycles. The van der Waals surface area contributed by atoms with E-state index in [1.165, 1.54) is 25.0 Å². The van der Waals surface area contributed by atoms with Gasteiger partial charge in [0.05, 0.1) is 18.7 Å². The number of aromatic nitrogens is 1. The number of pyridine rings is 1. The third-order valence-corrected chi connectivity index (χ3v) is 9.64. The molecule has 3 aromatic rings. The molecule has 0 saturated carbocycles. The highest BCUT2D eigenvalue weighted by atomic mass is 19.1. The quantitative estimate of drug-likeness (QED) is 0.223. The smallest absolute Gasteiger partial charge is 0.307 e. The second-order valence-corrected chi connectivity index (χ2v) is 13.7. The molecule has 2 saturated heterocycles. The lowest BCUT2D eigenvalue weighted by atomic mass is 9.82. The number of nitrogens with zero attached hydrogens (tertiary/aromatic N) is 3. The summed E-state index contributed by atoms with van der Waals surface area (Å²) in [4.78, 5) is 21.9. The van der Waals surface area contributed by atoms with Crippen LogP contribution in [-0.4, -0.2) is 67.3 Å². The number of piperidine rings is 2. The summed E-state index contributed by atoms with van der Waals surface area (Å²) in [5, 5.41) is 13.6. The van der Waals surface area contributed by atoms with Crippen molar-refractivity contribution >= 4 is 17.5 Å². The van der Waals surface area contributed by atoms with Gasteiger partial charge in [-0.1, -0.05) is 38.1 Å². The second kappa shape index (κ2) is 14.6. The van der Waals surface area contributed by atoms with Crippen LogP contribution in [0.15, 0.2) is 48.5 Å². The van der Waals surface area contributed by atoms with Gasteiger partial charge in [0.1, 0.15) is 17.4 Å². The lowest BCUT2D eigenvalue weighted by molar-refractivity contribution is -0.136. The van der Waals surface area contributed by atoms with Crippen LogP contribution in [0, 0.1) is 24.1 Å². The van der Waals surface area contributed by atoms with Crippen molar-refractivity contribution in [2.75, 3.05) is 56.6 Å². The van der Waals surface area contributed by atoms with Crippen LogP contribution in [0.2, 0.25) is 0 Å². The second-order valence-electron chi connectivity index (χ2n) is 13.7. The Bertz CT molecular complexity index is 1420. The van der Waals surface area contributed by atoms with Gasteiger partial charge >= 0.3 is 5.97 Å². The van der Waals surface area contributed by atoms with Crippen LogP contribution in [0.4, 0.5) is 15.9 Å². The molecule has 45 heavy (non-hydrogen) atoms. The number of aliphatic carboxylic acids is 1. The lowest BCUT2D eigenvalue weighted by Crippen LogP contribution is -2.38. The number of hydrogen-bond acceptors (Lipinski definition) is 6. The predicted octanol–water partition coefficient (Wildman–Crippen LogP) is 7.21. The molecular weight excluding hydrogens is 567 g/mol. The van der Waals surface area contributed by atoms with Crippen molar-refractivity contribution < 1.29 is 19.0 Å². The van der Waals surface area contributed by atoms with Gasteiger partial charge in [0.2, 0.25) is 0 Å². The average Bonchev–Trinajstić information content (AvgIpc) is 3.01. The number of carboxylic acid groups (broad SMARTS) is 1. The summed E-state index contributed by atoms with van der Waals surface area (Å²) < 4.78 is 19.3. The third-order valence-electron chi connectivity index (χ3n) is 9.64. The molecule has 2 aliphatic heterocycles. The van der Waals surface area contributed by atoms with Crippen LogP contribution in [0.5, 0.6) is 5.75 Å². The van der Waals surface area contributed by atoms with Gasteiger partial charge in [-0.3, -0.25) is 4.79 Å². The van der Waals surface area contributed by atoms with E-state index in [1.54, 1.807) is 12.1 Å². The molecule has 0 aliphatic carbocycles. The fraction of sp³-hybridized carbons (Fsp3) is 0.514. The molecule has 2 aliphatic rings. The molecule has 3 heterocycles. The molecule has 0 amide bonds. The van der Waals surface area contributed by atoms with Gasteiger partial charge < -0.3 is 25.0 Å². The first kappa shape index (κ1) is 32.7. The molecule has 242 valence electrons. The minimum Gasteiger partial charge on any atom is -0.493 e. The molecule has 2 fully saturated rings. The first-order chi connectivity index (χ1) is 21.6. The number of halogens is 1. The highest BCUT2D eigenvalue weighted by Gasteiger charge is 2.31. The first-order valence-corrected chi connectivity index (χ1v) is 16.5. The Balaban J connectivity index is 1.44. The summed E-state index contributed by atoms with van der Waals surface area (Å²) in [7, 11) is 2.19. The monoisotopic (exact) mass is 616 g/mol. The van der Waals surface area contributed by atoms with E-state index in [1.807, 2.05) is 19.1 Å². The van der Waals surface area contributed by atoms with E-state index in [2.05, 4.69) is 48.1 Å². The summed E-state index contributed by atoms with van der Waals surface area (Å²) in [6, 6.07) is 14.6. The molecular formula is C37H49FN4O3. The zero-order chi connectivity index (χ0) is 32.0. The van der Waals surface area contributed by atoms with Gasteiger partial charge in [0, 0.05) is 42.9 Å². The van der Waals surface area contributed by atoms with Crippen LogP contribution in [0.3, 0.4) is 0 Å².